The molecule has 7 nitrogen and oxygen atoms in total. The first-order chi connectivity index (χ1) is 11.8. The van der Waals surface area contributed by atoms with Crippen molar-refractivity contribution >= 4 is 19.9 Å². The Bertz CT molecular complexity index is 536. The highest BCUT2D eigenvalue weighted by atomic mass is 15.6. The number of aromatic nitrogens is 4. The first-order valence-corrected chi connectivity index (χ1v) is 9.87. The third-order valence-electron chi connectivity index (χ3n) is 5.88. The number of anilines is 1. The summed E-state index contributed by atoms with van der Waals surface area (Å²) in [7, 11) is 2.24. The molecular weight excluding hydrogens is 312 g/mol. The normalized spacial score (nSPS) is 22.1. The summed E-state index contributed by atoms with van der Waals surface area (Å²) in [5, 5.41) is 16.0. The average Bonchev–Trinajstić information content (AvgIpc) is 3.03. The van der Waals surface area contributed by atoms with Crippen LogP contribution in [-0.4, -0.2) is 63.3 Å². The maximum atomic E-state index is 4.30. The molecule has 0 spiro atoms. The van der Waals surface area contributed by atoms with Crippen molar-refractivity contribution in [3.63, 3.8) is 0 Å². The van der Waals surface area contributed by atoms with Crippen LogP contribution in [0.15, 0.2) is 0 Å². The van der Waals surface area contributed by atoms with Gasteiger partial charge in [-0.3, -0.25) is 0 Å². The second-order valence-corrected chi connectivity index (χ2v) is 7.91. The molecule has 0 amide bonds. The minimum atomic E-state index is -0.193. The van der Waals surface area contributed by atoms with Crippen molar-refractivity contribution in [2.24, 2.45) is 0 Å². The molecule has 1 N–H and O–H groups in total. The lowest BCUT2D eigenvalue weighted by Crippen LogP contribution is -2.61. The Morgan fingerprint density at radius 1 is 1.16 bits per heavy atom. The van der Waals surface area contributed by atoms with E-state index in [-0.39, 0.29) is 12.5 Å². The Hall–Kier alpha value is -1.08. The van der Waals surface area contributed by atoms with Gasteiger partial charge in [0.1, 0.15) is 0 Å². The van der Waals surface area contributed by atoms with Crippen molar-refractivity contribution < 1.29 is 0 Å². The number of hydrogen-bond donors (Lipinski definition) is 1. The van der Waals surface area contributed by atoms with E-state index in [2.05, 4.69) is 78.7 Å². The van der Waals surface area contributed by atoms with Gasteiger partial charge in [-0.25, -0.2) is 4.68 Å². The van der Waals surface area contributed by atoms with E-state index in [1.807, 2.05) is 4.68 Å². The van der Waals surface area contributed by atoms with E-state index in [1.54, 1.807) is 0 Å². The van der Waals surface area contributed by atoms with Crippen LogP contribution in [0.3, 0.4) is 0 Å². The zero-order chi connectivity index (χ0) is 18.6. The Morgan fingerprint density at radius 2 is 1.88 bits per heavy atom. The van der Waals surface area contributed by atoms with Crippen LogP contribution in [0, 0.1) is 0 Å². The van der Waals surface area contributed by atoms with Gasteiger partial charge in [-0.1, -0.05) is 51.9 Å². The minimum Gasteiger partial charge on any atom is -0.383 e. The molecule has 1 aliphatic heterocycles. The predicted molar refractivity (Wildman–Crippen MR) is 107 cm³/mol. The fourth-order valence-corrected chi connectivity index (χ4v) is 4.28. The van der Waals surface area contributed by atoms with Crippen LogP contribution >= 0.6 is 0 Å². The van der Waals surface area contributed by atoms with E-state index < -0.39 is 0 Å². The van der Waals surface area contributed by atoms with Gasteiger partial charge in [0.2, 0.25) is 5.95 Å². The maximum absolute atomic E-state index is 4.30. The van der Waals surface area contributed by atoms with Gasteiger partial charge >= 0.3 is 6.98 Å². The summed E-state index contributed by atoms with van der Waals surface area (Å²) >= 11 is 0. The average molecular weight is 347 g/mol. The summed E-state index contributed by atoms with van der Waals surface area (Å²) < 4.78 is 4.50. The van der Waals surface area contributed by atoms with E-state index in [4.69, 9.17) is 0 Å². The van der Waals surface area contributed by atoms with Gasteiger partial charge in [0.25, 0.3) is 6.98 Å². The molecule has 0 fully saturated rings. The summed E-state index contributed by atoms with van der Waals surface area (Å²) in [5.41, 5.74) is -0.193. The van der Waals surface area contributed by atoms with Crippen LogP contribution < -0.4 is 5.23 Å². The molecule has 2 heterocycles. The fourth-order valence-electron chi connectivity index (χ4n) is 4.28. The summed E-state index contributed by atoms with van der Waals surface area (Å²) in [4.78, 5) is 2.49. The summed E-state index contributed by atoms with van der Waals surface area (Å²) in [6, 6.07) is 0.343. The van der Waals surface area contributed by atoms with E-state index in [1.165, 1.54) is 25.7 Å². The SMILES string of the molecule is CCCCCCN1B(C)Nc2nnnn2C(C)(C)C(CC)N(C)B1C. The van der Waals surface area contributed by atoms with Crippen LogP contribution in [0.1, 0.15) is 59.8 Å². The summed E-state index contributed by atoms with van der Waals surface area (Å²) in [6.45, 7) is 15.1. The van der Waals surface area contributed by atoms with E-state index in [0.717, 1.165) is 18.9 Å². The van der Waals surface area contributed by atoms with Gasteiger partial charge in [0, 0.05) is 6.04 Å². The molecule has 25 heavy (non-hydrogen) atoms. The second-order valence-electron chi connectivity index (χ2n) is 7.91. The number of nitrogens with one attached hydrogen (secondary N) is 1. The molecule has 1 aliphatic rings. The smallest absolute Gasteiger partial charge is 0.329 e. The van der Waals surface area contributed by atoms with E-state index >= 15 is 0 Å². The van der Waals surface area contributed by atoms with Crippen molar-refractivity contribution in [3.8, 4) is 0 Å². The molecule has 0 radical (unpaired) electrons. The van der Waals surface area contributed by atoms with Gasteiger partial charge in [0.05, 0.1) is 5.54 Å². The predicted octanol–water partition coefficient (Wildman–Crippen LogP) is 2.66. The molecule has 1 unspecified atom stereocenters. The van der Waals surface area contributed by atoms with Crippen molar-refractivity contribution in [2.75, 3.05) is 18.8 Å². The van der Waals surface area contributed by atoms with Crippen molar-refractivity contribution in [3.05, 3.63) is 0 Å². The zero-order valence-electron chi connectivity index (χ0n) is 17.2. The number of fused-ring (bicyclic) bond motifs is 1. The van der Waals surface area contributed by atoms with Gasteiger partial charge in [-0.05, 0) is 50.7 Å². The van der Waals surface area contributed by atoms with Gasteiger partial charge in [0.15, 0.2) is 0 Å². The Kier molecular flexibility index (Phi) is 6.91. The zero-order valence-corrected chi connectivity index (χ0v) is 17.2. The topological polar surface area (TPSA) is 62.1 Å². The third kappa shape index (κ3) is 4.19. The molecule has 0 aliphatic carbocycles. The van der Waals surface area contributed by atoms with E-state index in [9.17, 15) is 0 Å². The largest absolute Gasteiger partial charge is 0.383 e. The van der Waals surface area contributed by atoms with Crippen LogP contribution in [0.2, 0.25) is 13.6 Å². The Morgan fingerprint density at radius 3 is 2.52 bits per heavy atom. The number of likely N-dealkylation sites (N-methyl/N-ethyl adjacent to an activating group) is 1. The highest BCUT2D eigenvalue weighted by Crippen LogP contribution is 2.30. The second kappa shape index (κ2) is 8.54. The quantitative estimate of drug-likeness (QED) is 0.631. The Balaban J connectivity index is 2.32. The molecule has 0 aromatic carbocycles. The lowest BCUT2D eigenvalue weighted by Gasteiger charge is -2.43. The maximum Gasteiger partial charge on any atom is 0.329 e. The molecule has 2 rings (SSSR count). The number of hydrogen-bond acceptors (Lipinski definition) is 6. The van der Waals surface area contributed by atoms with Gasteiger partial charge in [-0.15, -0.1) is 0 Å². The highest BCUT2D eigenvalue weighted by Gasteiger charge is 2.43. The van der Waals surface area contributed by atoms with Crippen LogP contribution in [0.4, 0.5) is 5.95 Å². The molecule has 140 valence electrons. The first-order valence-electron chi connectivity index (χ1n) is 9.87. The van der Waals surface area contributed by atoms with Crippen LogP contribution in [0.25, 0.3) is 0 Å². The number of rotatable bonds is 6. The number of nitrogens with zero attached hydrogens (tertiary/aromatic N) is 6. The molecule has 0 bridgehead atoms. The molecule has 1 atom stereocenters. The monoisotopic (exact) mass is 347 g/mol. The van der Waals surface area contributed by atoms with Crippen LogP contribution in [0.5, 0.6) is 0 Å². The minimum absolute atomic E-state index is 0.176. The summed E-state index contributed by atoms with van der Waals surface area (Å²) in [6.07, 6.45) is 6.14. The first kappa shape index (κ1) is 20.2. The lowest BCUT2D eigenvalue weighted by molar-refractivity contribution is 0.155. The standard InChI is InChI=1S/C16H35B2N7/c1-8-10-11-12-13-24-17(5)19-15-20-21-22-25(15)16(3,4)14(9-2)23(7)18(24)6/h14H,8-13H2,1-7H3,(H,19,20,22). The molecule has 1 aromatic heterocycles. The molecule has 1 aromatic rings. The summed E-state index contributed by atoms with van der Waals surface area (Å²) in [5.74, 6) is 0.761. The third-order valence-corrected chi connectivity index (χ3v) is 5.88. The molecule has 0 saturated carbocycles. The lowest BCUT2D eigenvalue weighted by atomic mass is 9.60. The van der Waals surface area contributed by atoms with Crippen molar-refractivity contribution in [2.45, 2.75) is 85.0 Å². The van der Waals surface area contributed by atoms with Gasteiger partial charge < -0.3 is 14.8 Å². The molecule has 9 heteroatoms. The van der Waals surface area contributed by atoms with Crippen molar-refractivity contribution in [1.82, 2.24) is 29.7 Å². The van der Waals surface area contributed by atoms with Gasteiger partial charge in [-0.2, -0.15) is 0 Å². The number of unbranched alkanes of at least 4 members (excludes halogenated alkanes) is 3. The number of tetrazole rings is 1. The molecule has 0 saturated heterocycles. The Labute approximate surface area is 154 Å². The fraction of sp³-hybridized carbons (Fsp3) is 0.938. The highest BCUT2D eigenvalue weighted by molar-refractivity contribution is 6.71. The van der Waals surface area contributed by atoms with Crippen molar-refractivity contribution in [1.29, 1.82) is 0 Å². The van der Waals surface area contributed by atoms with Crippen LogP contribution in [-0.2, 0) is 5.54 Å². The molecular formula is C16H35B2N7. The van der Waals surface area contributed by atoms with E-state index in [0.29, 0.717) is 13.0 Å².